The van der Waals surface area contributed by atoms with Crippen LogP contribution in [0.3, 0.4) is 0 Å². The van der Waals surface area contributed by atoms with Gasteiger partial charge in [-0.15, -0.1) is 0 Å². The van der Waals surface area contributed by atoms with Gasteiger partial charge in [-0.25, -0.2) is 0 Å². The van der Waals surface area contributed by atoms with E-state index < -0.39 is 0 Å². The van der Waals surface area contributed by atoms with Crippen molar-refractivity contribution in [3.63, 3.8) is 0 Å². The lowest BCUT2D eigenvalue weighted by Crippen LogP contribution is -2.10. The number of thiocarbonyl (C=S) groups is 1. The number of hydrogen-bond acceptors (Lipinski definition) is 2. The first-order valence-electron chi connectivity index (χ1n) is 7.34. The van der Waals surface area contributed by atoms with Crippen LogP contribution in [-0.4, -0.2) is 11.5 Å². The molecular formula is C16H25BrN2S. The van der Waals surface area contributed by atoms with Gasteiger partial charge in [0.1, 0.15) is 4.99 Å². The highest BCUT2D eigenvalue weighted by atomic mass is 79.9. The Hall–Kier alpha value is -0.610. The third kappa shape index (κ3) is 6.71. The Labute approximate surface area is 136 Å². The highest BCUT2D eigenvalue weighted by Gasteiger charge is 2.03. The number of nitrogens with one attached hydrogen (secondary N) is 1. The molecular weight excluding hydrogens is 332 g/mol. The molecule has 112 valence electrons. The van der Waals surface area contributed by atoms with Gasteiger partial charge in [-0.1, -0.05) is 51.7 Å². The Morgan fingerprint density at radius 3 is 2.55 bits per heavy atom. The summed E-state index contributed by atoms with van der Waals surface area (Å²) in [5.41, 5.74) is 7.63. The van der Waals surface area contributed by atoms with Crippen molar-refractivity contribution < 1.29 is 0 Å². The zero-order valence-electron chi connectivity index (χ0n) is 12.4. The van der Waals surface area contributed by atoms with Crippen LogP contribution in [0, 0.1) is 5.92 Å². The molecule has 0 saturated carbocycles. The number of benzene rings is 1. The summed E-state index contributed by atoms with van der Waals surface area (Å²) in [4.78, 5) is 0.425. The second-order valence-corrected chi connectivity index (χ2v) is 6.88. The fraction of sp³-hybridized carbons (Fsp3) is 0.562. The van der Waals surface area contributed by atoms with Gasteiger partial charge in [0.15, 0.2) is 0 Å². The number of halogens is 1. The average Bonchev–Trinajstić information content (AvgIpc) is 2.37. The molecule has 1 aromatic carbocycles. The lowest BCUT2D eigenvalue weighted by molar-refractivity contribution is 0.523. The van der Waals surface area contributed by atoms with Gasteiger partial charge < -0.3 is 11.1 Å². The van der Waals surface area contributed by atoms with Crippen LogP contribution in [0.5, 0.6) is 0 Å². The van der Waals surface area contributed by atoms with Gasteiger partial charge in [-0.2, -0.15) is 0 Å². The van der Waals surface area contributed by atoms with E-state index in [0.717, 1.165) is 28.2 Å². The van der Waals surface area contributed by atoms with E-state index in [4.69, 9.17) is 18.0 Å². The first-order chi connectivity index (χ1) is 9.50. The quantitative estimate of drug-likeness (QED) is 0.477. The molecule has 2 nitrogen and oxygen atoms in total. The van der Waals surface area contributed by atoms with E-state index in [0.29, 0.717) is 4.99 Å². The van der Waals surface area contributed by atoms with Crippen molar-refractivity contribution in [3.05, 3.63) is 28.2 Å². The summed E-state index contributed by atoms with van der Waals surface area (Å²) >= 11 is 8.48. The number of hydrogen-bond donors (Lipinski definition) is 2. The molecule has 0 amide bonds. The average molecular weight is 357 g/mol. The van der Waals surface area contributed by atoms with Crippen LogP contribution < -0.4 is 11.1 Å². The minimum Gasteiger partial charge on any atom is -0.389 e. The fourth-order valence-electron chi connectivity index (χ4n) is 2.09. The van der Waals surface area contributed by atoms with Crippen molar-refractivity contribution in [3.8, 4) is 0 Å². The van der Waals surface area contributed by atoms with E-state index in [-0.39, 0.29) is 0 Å². The molecule has 0 atom stereocenters. The predicted octanol–water partition coefficient (Wildman–Crippen LogP) is 5.10. The molecule has 0 aliphatic carbocycles. The molecule has 0 aliphatic heterocycles. The fourth-order valence-corrected chi connectivity index (χ4v) is 2.99. The monoisotopic (exact) mass is 356 g/mol. The minimum absolute atomic E-state index is 0.425. The van der Waals surface area contributed by atoms with Crippen LogP contribution in [0.4, 0.5) is 5.69 Å². The Kier molecular flexibility index (Phi) is 8.15. The maximum atomic E-state index is 5.64. The lowest BCUT2D eigenvalue weighted by Gasteiger charge is -2.09. The van der Waals surface area contributed by atoms with E-state index >= 15 is 0 Å². The standard InChI is InChI=1S/C16H25BrN2S/c1-12(2)7-5-3-4-6-10-19-13-8-9-14(16(18)20)15(17)11-13/h8-9,11-12,19H,3-7,10H2,1-2H3,(H2,18,20). The Morgan fingerprint density at radius 1 is 1.25 bits per heavy atom. The smallest absolute Gasteiger partial charge is 0.105 e. The molecule has 0 radical (unpaired) electrons. The van der Waals surface area contributed by atoms with E-state index in [1.54, 1.807) is 0 Å². The first kappa shape index (κ1) is 17.4. The normalized spacial score (nSPS) is 10.8. The maximum Gasteiger partial charge on any atom is 0.105 e. The molecule has 0 aromatic heterocycles. The van der Waals surface area contributed by atoms with E-state index in [9.17, 15) is 0 Å². The van der Waals surface area contributed by atoms with Crippen molar-refractivity contribution in [2.75, 3.05) is 11.9 Å². The van der Waals surface area contributed by atoms with Crippen LogP contribution in [-0.2, 0) is 0 Å². The molecule has 0 unspecified atom stereocenters. The third-order valence-electron chi connectivity index (χ3n) is 3.27. The maximum absolute atomic E-state index is 5.64. The third-order valence-corrected chi connectivity index (χ3v) is 4.15. The van der Waals surface area contributed by atoms with E-state index in [1.165, 1.54) is 32.1 Å². The molecule has 3 N–H and O–H groups in total. The summed E-state index contributed by atoms with van der Waals surface area (Å²) in [7, 11) is 0. The van der Waals surface area contributed by atoms with Crippen molar-refractivity contribution in [2.24, 2.45) is 11.7 Å². The molecule has 0 aliphatic rings. The number of nitrogens with two attached hydrogens (primary N) is 1. The largest absolute Gasteiger partial charge is 0.389 e. The summed E-state index contributed by atoms with van der Waals surface area (Å²) < 4.78 is 0.951. The van der Waals surface area contributed by atoms with Gasteiger partial charge in [0, 0.05) is 22.3 Å². The first-order valence-corrected chi connectivity index (χ1v) is 8.54. The highest BCUT2D eigenvalue weighted by Crippen LogP contribution is 2.21. The summed E-state index contributed by atoms with van der Waals surface area (Å²) in [6, 6.07) is 6.02. The molecule has 4 heteroatoms. The van der Waals surface area contributed by atoms with Crippen LogP contribution in [0.2, 0.25) is 0 Å². The molecule has 20 heavy (non-hydrogen) atoms. The zero-order chi connectivity index (χ0) is 15.0. The van der Waals surface area contributed by atoms with Crippen LogP contribution in [0.1, 0.15) is 51.5 Å². The second kappa shape index (κ2) is 9.35. The SMILES string of the molecule is CC(C)CCCCCCNc1ccc(C(N)=S)c(Br)c1. The number of unbranched alkanes of at least 4 members (excludes halogenated alkanes) is 3. The molecule has 0 saturated heterocycles. The molecule has 0 fully saturated rings. The molecule has 1 rings (SSSR count). The highest BCUT2D eigenvalue weighted by molar-refractivity contribution is 9.10. The van der Waals surface area contributed by atoms with Gasteiger partial charge in [-0.3, -0.25) is 0 Å². The summed E-state index contributed by atoms with van der Waals surface area (Å²) in [5.74, 6) is 0.831. The molecule has 1 aromatic rings. The van der Waals surface area contributed by atoms with E-state index in [2.05, 4.69) is 35.1 Å². The van der Waals surface area contributed by atoms with Crippen LogP contribution in [0.25, 0.3) is 0 Å². The molecule has 0 heterocycles. The van der Waals surface area contributed by atoms with Gasteiger partial charge >= 0.3 is 0 Å². The summed E-state index contributed by atoms with van der Waals surface area (Å²) in [6.07, 6.45) is 6.55. The Balaban J connectivity index is 2.22. The van der Waals surface area contributed by atoms with Crippen LogP contribution >= 0.6 is 28.1 Å². The zero-order valence-corrected chi connectivity index (χ0v) is 14.8. The van der Waals surface area contributed by atoms with Gasteiger partial charge in [0.25, 0.3) is 0 Å². The predicted molar refractivity (Wildman–Crippen MR) is 96.4 cm³/mol. The van der Waals surface area contributed by atoms with E-state index in [1.807, 2.05) is 18.2 Å². The lowest BCUT2D eigenvalue weighted by atomic mass is 10.0. The minimum atomic E-state index is 0.425. The van der Waals surface area contributed by atoms with Crippen molar-refractivity contribution in [1.82, 2.24) is 0 Å². The van der Waals surface area contributed by atoms with Gasteiger partial charge in [0.05, 0.1) is 0 Å². The number of rotatable bonds is 9. The van der Waals surface area contributed by atoms with Crippen molar-refractivity contribution in [1.29, 1.82) is 0 Å². The Morgan fingerprint density at radius 2 is 1.95 bits per heavy atom. The molecule has 0 bridgehead atoms. The van der Waals surface area contributed by atoms with Gasteiger partial charge in [-0.05, 0) is 46.5 Å². The topological polar surface area (TPSA) is 38.0 Å². The Bertz CT molecular complexity index is 432. The van der Waals surface area contributed by atoms with Crippen molar-refractivity contribution >= 4 is 38.8 Å². The molecule has 0 spiro atoms. The van der Waals surface area contributed by atoms with Gasteiger partial charge in [0.2, 0.25) is 0 Å². The summed E-state index contributed by atoms with van der Waals surface area (Å²) in [5, 5.41) is 3.44. The number of anilines is 1. The van der Waals surface area contributed by atoms with Crippen molar-refractivity contribution in [2.45, 2.75) is 46.0 Å². The van der Waals surface area contributed by atoms with Crippen LogP contribution in [0.15, 0.2) is 22.7 Å². The second-order valence-electron chi connectivity index (χ2n) is 5.58. The summed E-state index contributed by atoms with van der Waals surface area (Å²) in [6.45, 7) is 5.59.